The Hall–Kier alpha value is 0.137. The van der Waals surface area contributed by atoms with Gasteiger partial charge in [-0.3, -0.25) is 0 Å². The molecule has 0 saturated carbocycles. The van der Waals surface area contributed by atoms with Crippen molar-refractivity contribution in [1.29, 1.82) is 0 Å². The van der Waals surface area contributed by atoms with Crippen LogP contribution in [0.1, 0.15) is 72.1 Å². The van der Waals surface area contributed by atoms with E-state index in [4.69, 9.17) is 8.85 Å². The molecule has 17 heavy (non-hydrogen) atoms. The van der Waals surface area contributed by atoms with Crippen molar-refractivity contribution in [2.45, 2.75) is 84.3 Å². The molecule has 0 aliphatic heterocycles. The molecule has 2 nitrogen and oxygen atoms in total. The highest BCUT2D eigenvalue weighted by Crippen LogP contribution is 2.16. The van der Waals surface area contributed by atoms with Gasteiger partial charge in [-0.15, -0.1) is 0 Å². The van der Waals surface area contributed by atoms with Gasteiger partial charge in [0.25, 0.3) is 0 Å². The molecule has 0 fully saturated rings. The summed E-state index contributed by atoms with van der Waals surface area (Å²) >= 11 is 0. The standard InChI is InChI=1S/C14H32O2Si/c1-5-8-11-14(12-9-6-2)16-17(15-4)13-10-7-3/h14,17H,5-13H2,1-4H3. The molecular weight excluding hydrogens is 228 g/mol. The highest BCUT2D eigenvalue weighted by Gasteiger charge is 2.17. The fourth-order valence-electron chi connectivity index (χ4n) is 1.97. The quantitative estimate of drug-likeness (QED) is 0.484. The van der Waals surface area contributed by atoms with Crippen LogP contribution in [0.4, 0.5) is 0 Å². The number of unbranched alkanes of at least 4 members (excludes halogenated alkanes) is 3. The molecule has 0 aliphatic carbocycles. The number of rotatable bonds is 12. The Morgan fingerprint density at radius 2 is 1.41 bits per heavy atom. The predicted octanol–water partition coefficient (Wildman–Crippen LogP) is 4.42. The zero-order valence-electron chi connectivity index (χ0n) is 12.3. The summed E-state index contributed by atoms with van der Waals surface area (Å²) in [4.78, 5) is 0. The first-order valence-corrected chi connectivity index (χ1v) is 9.22. The average molecular weight is 260 g/mol. The van der Waals surface area contributed by atoms with Crippen molar-refractivity contribution in [1.82, 2.24) is 0 Å². The van der Waals surface area contributed by atoms with Gasteiger partial charge in [-0.2, -0.15) is 0 Å². The molecule has 3 heteroatoms. The zero-order valence-corrected chi connectivity index (χ0v) is 13.5. The van der Waals surface area contributed by atoms with E-state index in [1.54, 1.807) is 0 Å². The van der Waals surface area contributed by atoms with Crippen LogP contribution < -0.4 is 0 Å². The second-order valence-electron chi connectivity index (χ2n) is 4.85. The molecule has 0 aromatic carbocycles. The first-order valence-electron chi connectivity index (χ1n) is 7.46. The molecule has 0 N–H and O–H groups in total. The SMILES string of the molecule is CCCCC(CCCC)O[SiH](CCCC)OC. The van der Waals surface area contributed by atoms with Crippen LogP contribution in [0.2, 0.25) is 6.04 Å². The lowest BCUT2D eigenvalue weighted by Crippen LogP contribution is -2.28. The molecule has 0 saturated heterocycles. The first-order chi connectivity index (χ1) is 8.28. The average Bonchev–Trinajstić information content (AvgIpc) is 2.36. The number of hydrogen-bond donors (Lipinski definition) is 0. The van der Waals surface area contributed by atoms with Gasteiger partial charge in [0.2, 0.25) is 0 Å². The summed E-state index contributed by atoms with van der Waals surface area (Å²) in [6, 6.07) is 1.17. The van der Waals surface area contributed by atoms with Crippen molar-refractivity contribution < 1.29 is 8.85 Å². The van der Waals surface area contributed by atoms with Crippen LogP contribution in [0.3, 0.4) is 0 Å². The van der Waals surface area contributed by atoms with Gasteiger partial charge in [0, 0.05) is 13.2 Å². The Morgan fingerprint density at radius 3 is 1.82 bits per heavy atom. The topological polar surface area (TPSA) is 18.5 Å². The summed E-state index contributed by atoms with van der Waals surface area (Å²) in [6.45, 7) is 6.73. The molecular formula is C14H32O2Si. The lowest BCUT2D eigenvalue weighted by atomic mass is 10.1. The molecule has 0 bridgehead atoms. The fourth-order valence-corrected chi connectivity index (χ4v) is 3.90. The summed E-state index contributed by atoms with van der Waals surface area (Å²) in [6.07, 6.45) is 10.5. The maximum absolute atomic E-state index is 6.22. The maximum Gasteiger partial charge on any atom is 0.321 e. The maximum atomic E-state index is 6.22. The van der Waals surface area contributed by atoms with Gasteiger partial charge in [0.05, 0.1) is 0 Å². The van der Waals surface area contributed by atoms with E-state index in [0.717, 1.165) is 0 Å². The molecule has 0 aromatic rings. The second-order valence-corrected chi connectivity index (χ2v) is 7.03. The minimum Gasteiger partial charge on any atom is -0.400 e. The Labute approximate surface area is 110 Å². The molecule has 0 aliphatic rings. The summed E-state index contributed by atoms with van der Waals surface area (Å²) in [5.74, 6) is 0. The molecule has 0 spiro atoms. The summed E-state index contributed by atoms with van der Waals surface area (Å²) in [5.41, 5.74) is 0. The Kier molecular flexibility index (Phi) is 12.7. The van der Waals surface area contributed by atoms with Crippen molar-refractivity contribution in [2.75, 3.05) is 7.11 Å². The lowest BCUT2D eigenvalue weighted by Gasteiger charge is -2.23. The fraction of sp³-hybridized carbons (Fsp3) is 1.00. The Balaban J connectivity index is 3.97. The van der Waals surface area contributed by atoms with Gasteiger partial charge in [0.15, 0.2) is 0 Å². The van der Waals surface area contributed by atoms with Crippen molar-refractivity contribution in [2.24, 2.45) is 0 Å². The predicted molar refractivity (Wildman–Crippen MR) is 77.8 cm³/mol. The Morgan fingerprint density at radius 1 is 0.882 bits per heavy atom. The van der Waals surface area contributed by atoms with E-state index >= 15 is 0 Å². The van der Waals surface area contributed by atoms with Crippen molar-refractivity contribution in [3.05, 3.63) is 0 Å². The van der Waals surface area contributed by atoms with Crippen LogP contribution in [0.25, 0.3) is 0 Å². The highest BCUT2D eigenvalue weighted by atomic mass is 28.3. The van der Waals surface area contributed by atoms with E-state index in [2.05, 4.69) is 20.8 Å². The largest absolute Gasteiger partial charge is 0.400 e. The minimum absolute atomic E-state index is 0.461. The normalized spacial score (nSPS) is 13.2. The van der Waals surface area contributed by atoms with Gasteiger partial charge in [-0.25, -0.2) is 0 Å². The molecule has 1 atom stereocenters. The van der Waals surface area contributed by atoms with E-state index in [1.807, 2.05) is 7.11 Å². The van der Waals surface area contributed by atoms with Crippen LogP contribution in [0.15, 0.2) is 0 Å². The minimum atomic E-state index is -1.37. The van der Waals surface area contributed by atoms with Crippen LogP contribution in [-0.4, -0.2) is 22.5 Å². The van der Waals surface area contributed by atoms with Gasteiger partial charge in [-0.05, 0) is 18.9 Å². The van der Waals surface area contributed by atoms with E-state index in [-0.39, 0.29) is 0 Å². The van der Waals surface area contributed by atoms with E-state index < -0.39 is 9.28 Å². The molecule has 0 aromatic heterocycles. The smallest absolute Gasteiger partial charge is 0.321 e. The number of hydrogen-bond acceptors (Lipinski definition) is 2. The van der Waals surface area contributed by atoms with Crippen molar-refractivity contribution >= 4 is 9.28 Å². The summed E-state index contributed by atoms with van der Waals surface area (Å²) < 4.78 is 11.8. The third-order valence-corrected chi connectivity index (χ3v) is 5.25. The van der Waals surface area contributed by atoms with Gasteiger partial charge in [0.1, 0.15) is 0 Å². The Bertz CT molecular complexity index is 145. The summed E-state index contributed by atoms with van der Waals surface area (Å²) in [5, 5.41) is 0. The van der Waals surface area contributed by atoms with Crippen LogP contribution in [0, 0.1) is 0 Å². The van der Waals surface area contributed by atoms with E-state index in [9.17, 15) is 0 Å². The lowest BCUT2D eigenvalue weighted by molar-refractivity contribution is 0.130. The monoisotopic (exact) mass is 260 g/mol. The third kappa shape index (κ3) is 9.80. The molecule has 0 rings (SSSR count). The van der Waals surface area contributed by atoms with Crippen molar-refractivity contribution in [3.8, 4) is 0 Å². The molecule has 104 valence electrons. The second kappa shape index (κ2) is 12.6. The molecule has 1 unspecified atom stereocenters. The third-order valence-electron chi connectivity index (χ3n) is 3.16. The zero-order chi connectivity index (χ0) is 12.9. The van der Waals surface area contributed by atoms with Crippen LogP contribution >= 0.6 is 0 Å². The summed E-state index contributed by atoms with van der Waals surface area (Å²) in [7, 11) is 0.449. The molecule has 0 amide bonds. The van der Waals surface area contributed by atoms with Gasteiger partial charge in [-0.1, -0.05) is 59.3 Å². The first kappa shape index (κ1) is 17.1. The highest BCUT2D eigenvalue weighted by molar-refractivity contribution is 6.44. The van der Waals surface area contributed by atoms with Gasteiger partial charge < -0.3 is 8.85 Å². The van der Waals surface area contributed by atoms with E-state index in [0.29, 0.717) is 6.10 Å². The van der Waals surface area contributed by atoms with Gasteiger partial charge >= 0.3 is 9.28 Å². The van der Waals surface area contributed by atoms with E-state index in [1.165, 1.54) is 57.4 Å². The van der Waals surface area contributed by atoms with Crippen LogP contribution in [0.5, 0.6) is 0 Å². The van der Waals surface area contributed by atoms with Crippen molar-refractivity contribution in [3.63, 3.8) is 0 Å². The van der Waals surface area contributed by atoms with Crippen LogP contribution in [-0.2, 0) is 8.85 Å². The molecule has 0 radical (unpaired) electrons. The molecule has 0 heterocycles.